The van der Waals surface area contributed by atoms with Crippen molar-refractivity contribution in [1.82, 2.24) is 10.1 Å². The highest BCUT2D eigenvalue weighted by Crippen LogP contribution is 2.42. The van der Waals surface area contributed by atoms with E-state index in [1.165, 1.54) is 31.2 Å². The van der Waals surface area contributed by atoms with Crippen LogP contribution in [0.4, 0.5) is 17.6 Å². The van der Waals surface area contributed by atoms with Crippen molar-refractivity contribution < 1.29 is 41.5 Å². The lowest BCUT2D eigenvalue weighted by atomic mass is 9.84. The summed E-state index contributed by atoms with van der Waals surface area (Å²) in [4.78, 5) is 17.8. The zero-order chi connectivity index (χ0) is 26.4. The first-order valence-corrected chi connectivity index (χ1v) is 11.0. The van der Waals surface area contributed by atoms with E-state index < -0.39 is 35.0 Å². The van der Waals surface area contributed by atoms with Gasteiger partial charge in [-0.1, -0.05) is 29.4 Å². The predicted octanol–water partition coefficient (Wildman–Crippen LogP) is 5.85. The molecule has 3 aromatic carbocycles. The number of Topliss-reactive ketones (excluding diaryl/α,β-unsaturated/α-hetero) is 1. The van der Waals surface area contributed by atoms with Gasteiger partial charge >= 0.3 is 6.18 Å². The van der Waals surface area contributed by atoms with Gasteiger partial charge in [0, 0.05) is 5.56 Å². The molecule has 1 aromatic heterocycles. The Morgan fingerprint density at radius 1 is 1.08 bits per heavy atom. The maximum Gasteiger partial charge on any atom is 0.416 e. The van der Waals surface area contributed by atoms with Gasteiger partial charge in [0.2, 0.25) is 11.6 Å². The van der Waals surface area contributed by atoms with Gasteiger partial charge in [0.15, 0.2) is 5.60 Å². The minimum absolute atomic E-state index is 0.0219. The van der Waals surface area contributed by atoms with E-state index in [0.29, 0.717) is 23.4 Å². The number of halogens is 4. The number of benzene rings is 3. The van der Waals surface area contributed by atoms with Crippen molar-refractivity contribution in [3.05, 3.63) is 95.1 Å². The molecule has 11 heteroatoms. The molecular formula is C26H18F4N2O5. The SMILES string of the molecule is C[C@H](OC1(c2ccc(O)cc2)COc2ccccc2C1=O)c1nc(-c2cc(F)cc(C(F)(F)F)c2)no1. The summed E-state index contributed by atoms with van der Waals surface area (Å²) < 4.78 is 70.5. The van der Waals surface area contributed by atoms with E-state index in [9.17, 15) is 27.5 Å². The molecule has 5 rings (SSSR count). The number of ether oxygens (including phenoxy) is 2. The molecule has 0 fully saturated rings. The summed E-state index contributed by atoms with van der Waals surface area (Å²) in [5.41, 5.74) is -2.45. The first-order chi connectivity index (χ1) is 17.6. The Hall–Kier alpha value is -4.25. The largest absolute Gasteiger partial charge is 0.508 e. The van der Waals surface area contributed by atoms with E-state index in [1.54, 1.807) is 24.3 Å². The fraction of sp³-hybridized carbons (Fsp3) is 0.192. The fourth-order valence-electron chi connectivity index (χ4n) is 4.10. The normalized spacial score (nSPS) is 18.2. The topological polar surface area (TPSA) is 94.7 Å². The molecule has 1 aliphatic rings. The number of phenolic OH excluding ortho intramolecular Hbond substituents is 1. The first kappa shape index (κ1) is 24.4. The van der Waals surface area contributed by atoms with Crippen LogP contribution in [0.15, 0.2) is 71.3 Å². The van der Waals surface area contributed by atoms with Crippen molar-refractivity contribution in [3.63, 3.8) is 0 Å². The number of rotatable bonds is 5. The van der Waals surface area contributed by atoms with Crippen molar-refractivity contribution in [2.45, 2.75) is 24.8 Å². The Morgan fingerprint density at radius 2 is 1.81 bits per heavy atom. The lowest BCUT2D eigenvalue weighted by Gasteiger charge is -2.38. The van der Waals surface area contributed by atoms with Gasteiger partial charge in [-0.2, -0.15) is 18.2 Å². The molecule has 2 heterocycles. The van der Waals surface area contributed by atoms with Crippen molar-refractivity contribution >= 4 is 5.78 Å². The van der Waals surface area contributed by atoms with Gasteiger partial charge in [-0.25, -0.2) is 4.39 Å². The number of phenols is 1. The third-order valence-corrected chi connectivity index (χ3v) is 5.91. The smallest absolute Gasteiger partial charge is 0.416 e. The average Bonchev–Trinajstić information content (AvgIpc) is 3.36. The van der Waals surface area contributed by atoms with E-state index in [4.69, 9.17) is 14.0 Å². The van der Waals surface area contributed by atoms with Gasteiger partial charge < -0.3 is 19.1 Å². The summed E-state index contributed by atoms with van der Waals surface area (Å²) in [6.07, 6.45) is -5.81. The molecule has 0 saturated heterocycles. The molecule has 7 nitrogen and oxygen atoms in total. The van der Waals surface area contributed by atoms with Crippen LogP contribution in [0.5, 0.6) is 11.5 Å². The second kappa shape index (κ2) is 9.00. The van der Waals surface area contributed by atoms with Crippen LogP contribution in [0.2, 0.25) is 0 Å². The number of carbonyl (C=O) groups is 1. The zero-order valence-electron chi connectivity index (χ0n) is 19.1. The molecule has 0 spiro atoms. The van der Waals surface area contributed by atoms with Gasteiger partial charge in [0.1, 0.15) is 30.0 Å². The first-order valence-electron chi connectivity index (χ1n) is 11.0. The number of nitrogens with zero attached hydrogens (tertiary/aromatic N) is 2. The number of aromatic hydroxyl groups is 1. The van der Waals surface area contributed by atoms with Gasteiger partial charge in [0.05, 0.1) is 11.1 Å². The van der Waals surface area contributed by atoms with E-state index in [1.807, 2.05) is 0 Å². The highest BCUT2D eigenvalue weighted by Gasteiger charge is 2.48. The number of hydrogen-bond acceptors (Lipinski definition) is 7. The number of hydrogen-bond donors (Lipinski definition) is 1. The number of carbonyl (C=O) groups excluding carboxylic acids is 1. The summed E-state index contributed by atoms with van der Waals surface area (Å²) in [5, 5.41) is 13.4. The van der Waals surface area contributed by atoms with Crippen molar-refractivity contribution in [2.24, 2.45) is 0 Å². The van der Waals surface area contributed by atoms with Crippen LogP contribution in [0.1, 0.15) is 40.4 Å². The summed E-state index contributed by atoms with van der Waals surface area (Å²) in [6, 6.07) is 14.4. The number of fused-ring (bicyclic) bond motifs is 1. The molecule has 0 saturated carbocycles. The van der Waals surface area contributed by atoms with Crippen LogP contribution in [0.25, 0.3) is 11.4 Å². The molecule has 0 radical (unpaired) electrons. The van der Waals surface area contributed by atoms with E-state index >= 15 is 0 Å². The van der Waals surface area contributed by atoms with E-state index in [2.05, 4.69) is 10.1 Å². The minimum atomic E-state index is -4.77. The van der Waals surface area contributed by atoms with Crippen LogP contribution in [0, 0.1) is 5.82 Å². The van der Waals surface area contributed by atoms with Gasteiger partial charge in [-0.3, -0.25) is 4.79 Å². The average molecular weight is 514 g/mol. The summed E-state index contributed by atoms with van der Waals surface area (Å²) in [7, 11) is 0. The molecule has 0 amide bonds. The summed E-state index contributed by atoms with van der Waals surface area (Å²) in [6.45, 7) is 1.30. The molecule has 37 heavy (non-hydrogen) atoms. The molecule has 0 bridgehead atoms. The third-order valence-electron chi connectivity index (χ3n) is 5.91. The Balaban J connectivity index is 1.50. The summed E-state index contributed by atoms with van der Waals surface area (Å²) in [5.74, 6) is -1.61. The van der Waals surface area contributed by atoms with Crippen LogP contribution in [0.3, 0.4) is 0 Å². The number of ketones is 1. The zero-order valence-corrected chi connectivity index (χ0v) is 19.1. The molecular weight excluding hydrogens is 496 g/mol. The standard InChI is InChI=1S/C26H18F4N2O5/c1-14(24-31-23(32-37-24)15-10-17(26(28,29)30)12-18(27)11-15)36-25(16-6-8-19(33)9-7-16)13-35-21-5-3-2-4-20(21)22(25)34/h2-12,14,33H,13H2,1H3/t14-,25?/m0/s1. The lowest BCUT2D eigenvalue weighted by Crippen LogP contribution is -2.47. The highest BCUT2D eigenvalue weighted by atomic mass is 19.4. The van der Waals surface area contributed by atoms with Crippen LogP contribution in [-0.4, -0.2) is 27.6 Å². The van der Waals surface area contributed by atoms with Crippen LogP contribution < -0.4 is 4.74 Å². The van der Waals surface area contributed by atoms with E-state index in [0.717, 1.165) is 6.07 Å². The molecule has 1 N–H and O–H groups in total. The van der Waals surface area contributed by atoms with Crippen LogP contribution in [-0.2, 0) is 16.5 Å². The number of aromatic nitrogens is 2. The van der Waals surface area contributed by atoms with Crippen LogP contribution >= 0.6 is 0 Å². The van der Waals surface area contributed by atoms with E-state index in [-0.39, 0.29) is 35.2 Å². The van der Waals surface area contributed by atoms with Gasteiger partial charge in [-0.05, 0) is 55.0 Å². The van der Waals surface area contributed by atoms with Gasteiger partial charge in [0.25, 0.3) is 5.89 Å². The molecule has 0 aliphatic carbocycles. The molecule has 1 aliphatic heterocycles. The Bertz CT molecular complexity index is 1470. The van der Waals surface area contributed by atoms with Crippen molar-refractivity contribution in [1.29, 1.82) is 0 Å². The minimum Gasteiger partial charge on any atom is -0.508 e. The monoisotopic (exact) mass is 514 g/mol. The quantitative estimate of drug-likeness (QED) is 0.334. The Labute approximate surface area is 207 Å². The second-order valence-corrected chi connectivity index (χ2v) is 8.43. The van der Waals surface area contributed by atoms with Gasteiger partial charge in [-0.15, -0.1) is 0 Å². The predicted molar refractivity (Wildman–Crippen MR) is 120 cm³/mol. The highest BCUT2D eigenvalue weighted by molar-refractivity contribution is 6.06. The molecule has 4 aromatic rings. The van der Waals surface area contributed by atoms with Crippen molar-refractivity contribution in [3.8, 4) is 22.9 Å². The maximum atomic E-state index is 13.9. The molecule has 1 unspecified atom stereocenters. The summed E-state index contributed by atoms with van der Waals surface area (Å²) >= 11 is 0. The second-order valence-electron chi connectivity index (χ2n) is 8.43. The Morgan fingerprint density at radius 3 is 2.54 bits per heavy atom. The number of para-hydroxylation sites is 1. The lowest BCUT2D eigenvalue weighted by molar-refractivity contribution is -0.137. The number of alkyl halides is 3. The van der Waals surface area contributed by atoms with Crippen molar-refractivity contribution in [2.75, 3.05) is 6.61 Å². The third kappa shape index (κ3) is 4.53. The molecule has 190 valence electrons. The Kier molecular flexibility index (Phi) is 5.95. The molecule has 2 atom stereocenters. The fourth-order valence-corrected chi connectivity index (χ4v) is 4.10. The maximum absolute atomic E-state index is 13.9.